The van der Waals surface area contributed by atoms with Crippen LogP contribution in [0, 0.1) is 5.92 Å². The average Bonchev–Trinajstić information content (AvgIpc) is 2.55. The van der Waals surface area contributed by atoms with Crippen molar-refractivity contribution in [3.63, 3.8) is 0 Å². The first-order chi connectivity index (χ1) is 10.6. The molecule has 0 radical (unpaired) electrons. The minimum absolute atomic E-state index is 0. The van der Waals surface area contributed by atoms with Crippen LogP contribution in [-0.2, 0) is 10.2 Å². The van der Waals surface area contributed by atoms with E-state index in [2.05, 4.69) is 48.7 Å². The second-order valence-electron chi connectivity index (χ2n) is 7.48. The van der Waals surface area contributed by atoms with E-state index in [9.17, 15) is 4.79 Å². The molecule has 1 heterocycles. The van der Waals surface area contributed by atoms with Crippen molar-refractivity contribution in [2.24, 2.45) is 5.92 Å². The number of benzene rings is 1. The van der Waals surface area contributed by atoms with Crippen LogP contribution in [0.4, 0.5) is 0 Å². The van der Waals surface area contributed by atoms with Crippen LogP contribution >= 0.6 is 12.4 Å². The SMILES string of the molecule is CC1(C)CCC(CNC(=O)C2CCNCC2)c2ccccc21.Cl. The minimum atomic E-state index is 0. The van der Waals surface area contributed by atoms with Crippen molar-refractivity contribution in [1.29, 1.82) is 0 Å². The smallest absolute Gasteiger partial charge is 0.223 e. The standard InChI is InChI=1S/C19H28N2O.ClH/c1-19(2)10-7-15(16-5-3-4-6-17(16)19)13-21-18(22)14-8-11-20-12-9-14;/h3-6,14-15,20H,7-13H2,1-2H3,(H,21,22);1H. The summed E-state index contributed by atoms with van der Waals surface area (Å²) in [7, 11) is 0. The van der Waals surface area contributed by atoms with Gasteiger partial charge in [-0.15, -0.1) is 12.4 Å². The number of carbonyl (C=O) groups is 1. The third kappa shape index (κ3) is 4.07. The van der Waals surface area contributed by atoms with Crippen molar-refractivity contribution in [1.82, 2.24) is 10.6 Å². The molecule has 1 aromatic rings. The first kappa shape index (κ1) is 18.3. The Morgan fingerprint density at radius 2 is 1.91 bits per heavy atom. The van der Waals surface area contributed by atoms with Crippen LogP contribution in [0.1, 0.15) is 56.6 Å². The third-order valence-electron chi connectivity index (χ3n) is 5.48. The Hall–Kier alpha value is -1.06. The van der Waals surface area contributed by atoms with Crippen LogP contribution in [0.5, 0.6) is 0 Å². The summed E-state index contributed by atoms with van der Waals surface area (Å²) in [4.78, 5) is 12.3. The second kappa shape index (κ2) is 7.67. The monoisotopic (exact) mass is 336 g/mol. The molecule has 1 amide bonds. The van der Waals surface area contributed by atoms with Gasteiger partial charge in [0.2, 0.25) is 5.91 Å². The van der Waals surface area contributed by atoms with Gasteiger partial charge in [0, 0.05) is 18.4 Å². The maximum Gasteiger partial charge on any atom is 0.223 e. The van der Waals surface area contributed by atoms with Gasteiger partial charge in [-0.1, -0.05) is 38.1 Å². The zero-order valence-corrected chi connectivity index (χ0v) is 15.0. The molecule has 4 heteroatoms. The van der Waals surface area contributed by atoms with Gasteiger partial charge < -0.3 is 10.6 Å². The number of fused-ring (bicyclic) bond motifs is 1. The molecule has 1 aliphatic heterocycles. The fourth-order valence-electron chi connectivity index (χ4n) is 3.96. The van der Waals surface area contributed by atoms with Gasteiger partial charge in [-0.25, -0.2) is 0 Å². The lowest BCUT2D eigenvalue weighted by Crippen LogP contribution is -2.40. The first-order valence-corrected chi connectivity index (χ1v) is 8.66. The Labute approximate surface area is 146 Å². The van der Waals surface area contributed by atoms with Crippen molar-refractivity contribution in [3.05, 3.63) is 35.4 Å². The summed E-state index contributed by atoms with van der Waals surface area (Å²) < 4.78 is 0. The third-order valence-corrected chi connectivity index (χ3v) is 5.48. The molecule has 0 aromatic heterocycles. The van der Waals surface area contributed by atoms with Crippen molar-refractivity contribution in [2.45, 2.75) is 50.9 Å². The number of carbonyl (C=O) groups excluding carboxylic acids is 1. The highest BCUT2D eigenvalue weighted by molar-refractivity contribution is 5.85. The minimum Gasteiger partial charge on any atom is -0.355 e. The zero-order chi connectivity index (χ0) is 15.6. The van der Waals surface area contributed by atoms with E-state index in [1.165, 1.54) is 17.5 Å². The van der Waals surface area contributed by atoms with Crippen LogP contribution in [0.25, 0.3) is 0 Å². The second-order valence-corrected chi connectivity index (χ2v) is 7.48. The average molecular weight is 337 g/mol. The predicted octanol–water partition coefficient (Wildman–Crippen LogP) is 3.38. The molecule has 1 fully saturated rings. The largest absolute Gasteiger partial charge is 0.355 e. The Morgan fingerprint density at radius 3 is 2.65 bits per heavy atom. The van der Waals surface area contributed by atoms with E-state index in [0.29, 0.717) is 5.92 Å². The molecule has 0 saturated carbocycles. The van der Waals surface area contributed by atoms with Crippen LogP contribution in [0.2, 0.25) is 0 Å². The number of hydrogen-bond donors (Lipinski definition) is 2. The van der Waals surface area contributed by atoms with Gasteiger partial charge in [-0.05, 0) is 55.3 Å². The van der Waals surface area contributed by atoms with Crippen molar-refractivity contribution < 1.29 is 4.79 Å². The van der Waals surface area contributed by atoms with Gasteiger partial charge in [0.15, 0.2) is 0 Å². The molecule has 23 heavy (non-hydrogen) atoms. The summed E-state index contributed by atoms with van der Waals surface area (Å²) >= 11 is 0. The van der Waals surface area contributed by atoms with Gasteiger partial charge in [0.25, 0.3) is 0 Å². The Morgan fingerprint density at radius 1 is 1.22 bits per heavy atom. The maximum absolute atomic E-state index is 12.3. The van der Waals surface area contributed by atoms with Crippen molar-refractivity contribution >= 4 is 18.3 Å². The lowest BCUT2D eigenvalue weighted by atomic mass is 9.69. The lowest BCUT2D eigenvalue weighted by Gasteiger charge is -2.37. The van der Waals surface area contributed by atoms with E-state index in [0.717, 1.165) is 38.9 Å². The number of amides is 1. The number of hydrogen-bond acceptors (Lipinski definition) is 2. The topological polar surface area (TPSA) is 41.1 Å². The molecular formula is C19H29ClN2O. The van der Waals surface area contributed by atoms with Crippen molar-refractivity contribution in [3.8, 4) is 0 Å². The molecule has 1 saturated heterocycles. The molecular weight excluding hydrogens is 308 g/mol. The van der Waals surface area contributed by atoms with E-state index >= 15 is 0 Å². The summed E-state index contributed by atoms with van der Waals surface area (Å²) in [6.45, 7) is 7.39. The van der Waals surface area contributed by atoms with Gasteiger partial charge in [-0.2, -0.15) is 0 Å². The number of piperidine rings is 1. The Balaban J connectivity index is 0.00000192. The van der Waals surface area contributed by atoms with Crippen molar-refractivity contribution in [2.75, 3.05) is 19.6 Å². The quantitative estimate of drug-likeness (QED) is 0.888. The van der Waals surface area contributed by atoms with Gasteiger partial charge in [0.05, 0.1) is 0 Å². The van der Waals surface area contributed by atoms with Gasteiger partial charge >= 0.3 is 0 Å². The first-order valence-electron chi connectivity index (χ1n) is 8.66. The molecule has 0 bridgehead atoms. The zero-order valence-electron chi connectivity index (χ0n) is 14.2. The molecule has 2 aliphatic rings. The Bertz CT molecular complexity index is 538. The van der Waals surface area contributed by atoms with E-state index in [4.69, 9.17) is 0 Å². The van der Waals surface area contributed by atoms with Gasteiger partial charge in [0.1, 0.15) is 0 Å². The summed E-state index contributed by atoms with van der Waals surface area (Å²) in [5, 5.41) is 6.54. The number of rotatable bonds is 3. The summed E-state index contributed by atoms with van der Waals surface area (Å²) in [5.74, 6) is 0.926. The summed E-state index contributed by atoms with van der Waals surface area (Å²) in [6, 6.07) is 8.77. The normalized spacial score (nSPS) is 23.5. The summed E-state index contributed by atoms with van der Waals surface area (Å²) in [5.41, 5.74) is 3.15. The van der Waals surface area contributed by atoms with E-state index in [-0.39, 0.29) is 29.6 Å². The van der Waals surface area contributed by atoms with E-state index in [1.807, 2.05) is 0 Å². The molecule has 0 spiro atoms. The molecule has 3 rings (SSSR count). The van der Waals surface area contributed by atoms with E-state index in [1.54, 1.807) is 0 Å². The molecule has 1 unspecified atom stereocenters. The highest BCUT2D eigenvalue weighted by Gasteiger charge is 2.32. The lowest BCUT2D eigenvalue weighted by molar-refractivity contribution is -0.125. The van der Waals surface area contributed by atoms with Crippen LogP contribution in [0.3, 0.4) is 0 Å². The molecule has 1 aromatic carbocycles. The highest BCUT2D eigenvalue weighted by atomic mass is 35.5. The molecule has 1 aliphatic carbocycles. The molecule has 3 nitrogen and oxygen atoms in total. The summed E-state index contributed by atoms with van der Waals surface area (Å²) in [6.07, 6.45) is 4.30. The molecule has 2 N–H and O–H groups in total. The number of halogens is 1. The highest BCUT2D eigenvalue weighted by Crippen LogP contribution is 2.42. The van der Waals surface area contributed by atoms with Crippen LogP contribution in [-0.4, -0.2) is 25.5 Å². The van der Waals surface area contributed by atoms with Gasteiger partial charge in [-0.3, -0.25) is 4.79 Å². The fourth-order valence-corrected chi connectivity index (χ4v) is 3.96. The number of nitrogens with one attached hydrogen (secondary N) is 2. The molecule has 128 valence electrons. The maximum atomic E-state index is 12.3. The fraction of sp³-hybridized carbons (Fsp3) is 0.632. The van der Waals surface area contributed by atoms with Crippen LogP contribution in [0.15, 0.2) is 24.3 Å². The molecule has 1 atom stereocenters. The van der Waals surface area contributed by atoms with E-state index < -0.39 is 0 Å². The Kier molecular flexibility index (Phi) is 6.10. The van der Waals surface area contributed by atoms with Crippen LogP contribution < -0.4 is 10.6 Å². The predicted molar refractivity (Wildman–Crippen MR) is 97.3 cm³/mol.